The molecule has 8 nitrogen and oxygen atoms in total. The smallest absolute Gasteiger partial charge is 0.0570 e. The Bertz CT molecular complexity index is 1060. The Hall–Kier alpha value is -3.56. The van der Waals surface area contributed by atoms with Gasteiger partial charge in [-0.25, -0.2) is 0 Å². The Labute approximate surface area is 234 Å². The van der Waals surface area contributed by atoms with E-state index < -0.39 is 0 Å². The normalized spacial score (nSPS) is 12.2. The molecule has 4 aromatic rings. The zero-order chi connectivity index (χ0) is 28.7. The number of rotatable bonds is 8. The Kier molecular flexibility index (Phi) is 18.3. The zero-order valence-electron chi connectivity index (χ0n) is 23.6. The first-order valence-electron chi connectivity index (χ1n) is 13.5. The summed E-state index contributed by atoms with van der Waals surface area (Å²) in [4.78, 5) is 16.4. The van der Waals surface area contributed by atoms with Crippen molar-refractivity contribution >= 4 is 0 Å². The molecule has 0 spiro atoms. The molecule has 0 saturated heterocycles. The van der Waals surface area contributed by atoms with Gasteiger partial charge < -0.3 is 22.9 Å². The highest BCUT2D eigenvalue weighted by Gasteiger charge is 2.04. The van der Waals surface area contributed by atoms with Crippen LogP contribution in [0.2, 0.25) is 0 Å². The summed E-state index contributed by atoms with van der Waals surface area (Å²) < 4.78 is 0. The molecule has 0 saturated carbocycles. The largest absolute Gasteiger partial charge is 0.325 e. The Morgan fingerprint density at radius 1 is 0.615 bits per heavy atom. The molecule has 4 heterocycles. The Morgan fingerprint density at radius 2 is 1.08 bits per heavy atom. The van der Waals surface area contributed by atoms with E-state index >= 15 is 0 Å². The lowest BCUT2D eigenvalue weighted by Gasteiger charge is -2.08. The third-order valence-electron chi connectivity index (χ3n) is 5.53. The highest BCUT2D eigenvalue weighted by molar-refractivity contribution is 5.08. The van der Waals surface area contributed by atoms with Gasteiger partial charge in [0.15, 0.2) is 0 Å². The van der Waals surface area contributed by atoms with Crippen LogP contribution in [0.25, 0.3) is 0 Å². The van der Waals surface area contributed by atoms with Crippen LogP contribution >= 0.6 is 0 Å². The Balaban J connectivity index is 0.000000263. The summed E-state index contributed by atoms with van der Waals surface area (Å²) >= 11 is 0. The van der Waals surface area contributed by atoms with Crippen LogP contribution in [0.5, 0.6) is 0 Å². The van der Waals surface area contributed by atoms with Crippen molar-refractivity contribution in [1.82, 2.24) is 19.9 Å². The third kappa shape index (κ3) is 15.4. The van der Waals surface area contributed by atoms with E-state index in [0.717, 1.165) is 35.6 Å². The van der Waals surface area contributed by atoms with E-state index in [9.17, 15) is 0 Å². The van der Waals surface area contributed by atoms with E-state index in [0.29, 0.717) is 6.54 Å². The summed E-state index contributed by atoms with van der Waals surface area (Å²) in [6.07, 6.45) is 11.4. The van der Waals surface area contributed by atoms with Gasteiger partial charge in [-0.3, -0.25) is 19.9 Å². The van der Waals surface area contributed by atoms with Gasteiger partial charge in [-0.2, -0.15) is 0 Å². The van der Waals surface area contributed by atoms with Gasteiger partial charge in [-0.15, -0.1) is 0 Å². The molecule has 0 aromatic carbocycles. The first-order valence-corrected chi connectivity index (χ1v) is 13.5. The number of nitrogens with zero attached hydrogens (tertiary/aromatic N) is 4. The molecule has 4 aromatic heterocycles. The van der Waals surface area contributed by atoms with Crippen molar-refractivity contribution < 1.29 is 0 Å². The van der Waals surface area contributed by atoms with E-state index in [4.69, 9.17) is 22.9 Å². The zero-order valence-corrected chi connectivity index (χ0v) is 23.6. The molecule has 210 valence electrons. The fourth-order valence-electron chi connectivity index (χ4n) is 3.14. The van der Waals surface area contributed by atoms with E-state index in [2.05, 4.69) is 33.8 Å². The fourth-order valence-corrected chi connectivity index (χ4v) is 3.14. The molecule has 0 aliphatic carbocycles. The number of hydrogen-bond acceptors (Lipinski definition) is 8. The van der Waals surface area contributed by atoms with E-state index in [-0.39, 0.29) is 18.1 Å². The second-order valence-corrected chi connectivity index (χ2v) is 8.84. The Morgan fingerprint density at radius 3 is 1.38 bits per heavy atom. The molecule has 4 rings (SSSR count). The lowest BCUT2D eigenvalue weighted by Crippen LogP contribution is -2.11. The topological polar surface area (TPSA) is 156 Å². The van der Waals surface area contributed by atoms with Crippen LogP contribution in [-0.2, 0) is 6.54 Å². The molecule has 39 heavy (non-hydrogen) atoms. The standard InChI is InChI=1S/C10H16N2.C8H12N2.C7H10N2.C6H8N2/c1-2-3-6-9(11)10-7-4-5-8-12-10;1-2-7(9)8-5-3-4-6-10-8;1-6(8)7-4-2-3-5-9-7;7-5-6-3-1-2-4-8-6/h4-5,7-9H,2-3,6,11H2,1H3;3-7H,2,9H2,1H3;2-6H,8H2,1H3;1-4H,5,7H2. The maximum absolute atomic E-state index is 5.92. The lowest BCUT2D eigenvalue weighted by atomic mass is 10.1. The quantitative estimate of drug-likeness (QED) is 0.236. The molecule has 0 amide bonds. The van der Waals surface area contributed by atoms with Crippen molar-refractivity contribution in [3.8, 4) is 0 Å². The third-order valence-corrected chi connectivity index (χ3v) is 5.53. The van der Waals surface area contributed by atoms with Crippen LogP contribution in [0, 0.1) is 0 Å². The highest BCUT2D eigenvalue weighted by Crippen LogP contribution is 2.13. The molecule has 0 aliphatic rings. The number of hydrogen-bond donors (Lipinski definition) is 4. The minimum atomic E-state index is 0.0474. The summed E-state index contributed by atoms with van der Waals surface area (Å²) in [6.45, 7) is 6.67. The number of unbranched alkanes of at least 4 members (excludes halogenated alkanes) is 1. The van der Waals surface area contributed by atoms with Crippen LogP contribution < -0.4 is 22.9 Å². The van der Waals surface area contributed by atoms with Gasteiger partial charge in [0.1, 0.15) is 0 Å². The average Bonchev–Trinajstić information content (AvgIpc) is 3.02. The van der Waals surface area contributed by atoms with Gasteiger partial charge in [-0.05, 0) is 68.3 Å². The molecule has 8 heteroatoms. The van der Waals surface area contributed by atoms with Crippen molar-refractivity contribution in [3.63, 3.8) is 0 Å². The average molecular weight is 531 g/mol. The van der Waals surface area contributed by atoms with Gasteiger partial charge in [0.25, 0.3) is 0 Å². The molecule has 8 N–H and O–H groups in total. The summed E-state index contributed by atoms with van der Waals surface area (Å²) in [7, 11) is 0. The van der Waals surface area contributed by atoms with Crippen molar-refractivity contribution in [2.45, 2.75) is 71.1 Å². The minimum Gasteiger partial charge on any atom is -0.325 e. The van der Waals surface area contributed by atoms with Crippen LogP contribution in [0.3, 0.4) is 0 Å². The first-order chi connectivity index (χ1) is 18.9. The van der Waals surface area contributed by atoms with E-state index in [1.54, 1.807) is 24.8 Å². The molecule has 0 radical (unpaired) electrons. The predicted octanol–water partition coefficient (Wildman–Crippen LogP) is 5.40. The molecule has 3 atom stereocenters. The van der Waals surface area contributed by atoms with Crippen LogP contribution in [0.4, 0.5) is 0 Å². The number of nitrogens with two attached hydrogens (primary N) is 4. The van der Waals surface area contributed by atoms with Gasteiger partial charge >= 0.3 is 0 Å². The lowest BCUT2D eigenvalue weighted by molar-refractivity contribution is 0.590. The van der Waals surface area contributed by atoms with Crippen LogP contribution in [0.15, 0.2) is 97.6 Å². The SMILES string of the molecule is CC(N)c1ccccn1.CCC(N)c1ccccn1.CCCCC(N)c1ccccn1.NCc1ccccn1. The molecular formula is C31H46N8. The highest BCUT2D eigenvalue weighted by atomic mass is 14.8. The van der Waals surface area contributed by atoms with Crippen molar-refractivity contribution in [3.05, 3.63) is 120 Å². The van der Waals surface area contributed by atoms with E-state index in [1.807, 2.05) is 79.7 Å². The maximum Gasteiger partial charge on any atom is 0.0570 e. The van der Waals surface area contributed by atoms with Crippen molar-refractivity contribution in [2.24, 2.45) is 22.9 Å². The molecular weight excluding hydrogens is 484 g/mol. The second-order valence-electron chi connectivity index (χ2n) is 8.84. The van der Waals surface area contributed by atoms with E-state index in [1.165, 1.54) is 12.8 Å². The number of pyridine rings is 4. The van der Waals surface area contributed by atoms with Crippen LogP contribution in [0.1, 0.15) is 87.4 Å². The summed E-state index contributed by atoms with van der Waals surface area (Å²) in [5.74, 6) is 0. The molecule has 0 bridgehead atoms. The fraction of sp³-hybridized carbons (Fsp3) is 0.355. The van der Waals surface area contributed by atoms with Crippen LogP contribution in [-0.4, -0.2) is 19.9 Å². The molecule has 3 unspecified atom stereocenters. The molecule has 0 aliphatic heterocycles. The number of aromatic nitrogens is 4. The van der Waals surface area contributed by atoms with Crippen molar-refractivity contribution in [1.29, 1.82) is 0 Å². The first kappa shape index (κ1) is 33.5. The van der Waals surface area contributed by atoms with Crippen molar-refractivity contribution in [2.75, 3.05) is 0 Å². The monoisotopic (exact) mass is 530 g/mol. The van der Waals surface area contributed by atoms with Gasteiger partial charge in [-0.1, -0.05) is 51.0 Å². The predicted molar refractivity (Wildman–Crippen MR) is 161 cm³/mol. The van der Waals surface area contributed by atoms with Gasteiger partial charge in [0.05, 0.1) is 22.8 Å². The van der Waals surface area contributed by atoms with Gasteiger partial charge in [0, 0.05) is 49.5 Å². The summed E-state index contributed by atoms with van der Waals surface area (Å²) in [6, 6.07) is 23.4. The summed E-state index contributed by atoms with van der Waals surface area (Å²) in [5.41, 5.74) is 26.4. The minimum absolute atomic E-state index is 0.0474. The second kappa shape index (κ2) is 21.4. The maximum atomic E-state index is 5.92. The molecule has 0 fully saturated rings. The summed E-state index contributed by atoms with van der Waals surface area (Å²) in [5, 5.41) is 0. The van der Waals surface area contributed by atoms with Gasteiger partial charge in [0.2, 0.25) is 0 Å².